The van der Waals surface area contributed by atoms with Gasteiger partial charge in [0.25, 0.3) is 5.91 Å². The molecule has 4 amide bonds. The van der Waals surface area contributed by atoms with Crippen LogP contribution in [0, 0.1) is 0 Å². The van der Waals surface area contributed by atoms with E-state index in [2.05, 4.69) is 10.1 Å². The molecule has 140 valence electrons. The van der Waals surface area contributed by atoms with Crippen molar-refractivity contribution in [1.82, 2.24) is 10.2 Å². The van der Waals surface area contributed by atoms with E-state index in [4.69, 9.17) is 10.5 Å². The standard InChI is InChI=1S/C16H25N3O6/c1-16(2,3)25-14(22)18-11(5-6-12(17)20)9-10-7-8-19(13(10)21)15(23)24-4/h9,11H,5-8H2,1-4H3,(H2,17,20)(H,18,22)/b10-9+/t11-/m0/s1. The first kappa shape index (κ1) is 20.5. The maximum atomic E-state index is 12.2. The number of nitrogens with one attached hydrogen (secondary N) is 1. The lowest BCUT2D eigenvalue weighted by Gasteiger charge is -2.22. The number of primary amides is 1. The van der Waals surface area contributed by atoms with E-state index in [1.54, 1.807) is 20.8 Å². The van der Waals surface area contributed by atoms with Gasteiger partial charge in [-0.05, 0) is 33.6 Å². The van der Waals surface area contributed by atoms with Gasteiger partial charge in [0.05, 0.1) is 13.2 Å². The number of rotatable bonds is 5. The van der Waals surface area contributed by atoms with Gasteiger partial charge >= 0.3 is 12.2 Å². The molecule has 1 aliphatic rings. The zero-order valence-corrected chi connectivity index (χ0v) is 15.0. The lowest BCUT2D eigenvalue weighted by molar-refractivity contribution is -0.123. The number of carbonyl (C=O) groups is 4. The normalized spacial score (nSPS) is 17.4. The highest BCUT2D eigenvalue weighted by atomic mass is 16.6. The molecule has 1 fully saturated rings. The molecule has 1 atom stereocenters. The summed E-state index contributed by atoms with van der Waals surface area (Å²) in [5, 5.41) is 2.60. The monoisotopic (exact) mass is 355 g/mol. The van der Waals surface area contributed by atoms with E-state index in [-0.39, 0.29) is 19.4 Å². The van der Waals surface area contributed by atoms with Gasteiger partial charge in [-0.15, -0.1) is 0 Å². The Labute approximate surface area is 146 Å². The zero-order valence-electron chi connectivity index (χ0n) is 15.0. The number of carbonyl (C=O) groups excluding carboxylic acids is 4. The molecular weight excluding hydrogens is 330 g/mol. The Morgan fingerprint density at radius 1 is 1.36 bits per heavy atom. The summed E-state index contributed by atoms with van der Waals surface area (Å²) >= 11 is 0. The van der Waals surface area contributed by atoms with Crippen LogP contribution in [-0.2, 0) is 19.1 Å². The minimum atomic E-state index is -0.734. The van der Waals surface area contributed by atoms with Gasteiger partial charge in [0.15, 0.2) is 0 Å². The molecule has 0 spiro atoms. The summed E-state index contributed by atoms with van der Waals surface area (Å²) in [6, 6.07) is -0.626. The molecule has 25 heavy (non-hydrogen) atoms. The average molecular weight is 355 g/mol. The van der Waals surface area contributed by atoms with Gasteiger partial charge < -0.3 is 20.5 Å². The molecule has 0 aromatic carbocycles. The Kier molecular flexibility index (Phi) is 6.96. The van der Waals surface area contributed by atoms with Crippen LogP contribution in [0.5, 0.6) is 0 Å². The minimum Gasteiger partial charge on any atom is -0.452 e. The summed E-state index contributed by atoms with van der Waals surface area (Å²) in [6.45, 7) is 5.36. The zero-order chi connectivity index (χ0) is 19.2. The number of imide groups is 1. The molecule has 0 aromatic rings. The summed E-state index contributed by atoms with van der Waals surface area (Å²) in [7, 11) is 1.19. The minimum absolute atomic E-state index is 0.0269. The largest absolute Gasteiger partial charge is 0.452 e. The Hall–Kier alpha value is -2.58. The van der Waals surface area contributed by atoms with Crippen molar-refractivity contribution in [2.75, 3.05) is 13.7 Å². The second kappa shape index (κ2) is 8.50. The van der Waals surface area contributed by atoms with Crippen LogP contribution in [0.25, 0.3) is 0 Å². The van der Waals surface area contributed by atoms with Crippen molar-refractivity contribution in [3.63, 3.8) is 0 Å². The van der Waals surface area contributed by atoms with Crippen molar-refractivity contribution in [3.05, 3.63) is 11.6 Å². The number of nitrogens with zero attached hydrogens (tertiary/aromatic N) is 1. The lowest BCUT2D eigenvalue weighted by atomic mass is 10.1. The lowest BCUT2D eigenvalue weighted by Crippen LogP contribution is -2.39. The van der Waals surface area contributed by atoms with Gasteiger partial charge in [0.1, 0.15) is 5.60 Å². The number of likely N-dealkylation sites (tertiary alicyclic amines) is 1. The molecule has 0 saturated carbocycles. The molecule has 0 unspecified atom stereocenters. The highest BCUT2D eigenvalue weighted by Crippen LogP contribution is 2.19. The van der Waals surface area contributed by atoms with Gasteiger partial charge in [0.2, 0.25) is 5.91 Å². The summed E-state index contributed by atoms with van der Waals surface area (Å²) < 4.78 is 9.72. The molecule has 3 N–H and O–H groups in total. The fourth-order valence-electron chi connectivity index (χ4n) is 2.25. The number of ether oxygens (including phenoxy) is 2. The third-order valence-corrected chi connectivity index (χ3v) is 3.33. The van der Waals surface area contributed by atoms with E-state index < -0.39 is 35.6 Å². The Bertz CT molecular complexity index is 579. The van der Waals surface area contributed by atoms with E-state index in [1.165, 1.54) is 13.2 Å². The maximum absolute atomic E-state index is 12.2. The van der Waals surface area contributed by atoms with Crippen LogP contribution >= 0.6 is 0 Å². The topological polar surface area (TPSA) is 128 Å². The van der Waals surface area contributed by atoms with Gasteiger partial charge in [0, 0.05) is 18.5 Å². The van der Waals surface area contributed by atoms with Crippen LogP contribution < -0.4 is 11.1 Å². The third kappa shape index (κ3) is 6.82. The number of amides is 4. The molecule has 9 heteroatoms. The summed E-state index contributed by atoms with van der Waals surface area (Å²) in [5.74, 6) is -1.01. The molecule has 0 aliphatic carbocycles. The third-order valence-electron chi connectivity index (χ3n) is 3.33. The van der Waals surface area contributed by atoms with Crippen LogP contribution in [-0.4, -0.2) is 54.2 Å². The molecule has 9 nitrogen and oxygen atoms in total. The highest BCUT2D eigenvalue weighted by molar-refractivity contribution is 6.04. The van der Waals surface area contributed by atoms with Crippen LogP contribution in [0.4, 0.5) is 9.59 Å². The van der Waals surface area contributed by atoms with E-state index in [9.17, 15) is 19.2 Å². The summed E-state index contributed by atoms with van der Waals surface area (Å²) in [5.41, 5.74) is 4.82. The predicted molar refractivity (Wildman–Crippen MR) is 88.4 cm³/mol. The second-order valence-electron chi connectivity index (χ2n) is 6.63. The number of nitrogens with two attached hydrogens (primary N) is 1. The first-order chi connectivity index (χ1) is 11.5. The second-order valence-corrected chi connectivity index (χ2v) is 6.63. The van der Waals surface area contributed by atoms with Gasteiger partial charge in [-0.2, -0.15) is 0 Å². The van der Waals surface area contributed by atoms with E-state index >= 15 is 0 Å². The molecule has 0 radical (unpaired) electrons. The van der Waals surface area contributed by atoms with Gasteiger partial charge in [-0.1, -0.05) is 6.08 Å². The quantitative estimate of drug-likeness (QED) is 0.710. The Morgan fingerprint density at radius 2 is 2.00 bits per heavy atom. The predicted octanol–water partition coefficient (Wildman–Crippen LogP) is 1.07. The molecule has 1 heterocycles. The number of hydrogen-bond acceptors (Lipinski definition) is 6. The fraction of sp³-hybridized carbons (Fsp3) is 0.625. The molecule has 1 rings (SSSR count). The van der Waals surface area contributed by atoms with Crippen LogP contribution in [0.1, 0.15) is 40.0 Å². The van der Waals surface area contributed by atoms with Crippen molar-refractivity contribution in [2.24, 2.45) is 5.73 Å². The summed E-state index contributed by atoms with van der Waals surface area (Å²) in [6.07, 6.45) is 0.689. The van der Waals surface area contributed by atoms with E-state index in [0.717, 1.165) is 4.90 Å². The first-order valence-corrected chi connectivity index (χ1v) is 7.92. The van der Waals surface area contributed by atoms with Crippen LogP contribution in [0.2, 0.25) is 0 Å². The van der Waals surface area contributed by atoms with E-state index in [1.807, 2.05) is 0 Å². The fourth-order valence-corrected chi connectivity index (χ4v) is 2.25. The van der Waals surface area contributed by atoms with Crippen LogP contribution in [0.3, 0.4) is 0 Å². The molecular formula is C16H25N3O6. The smallest absolute Gasteiger partial charge is 0.416 e. The summed E-state index contributed by atoms with van der Waals surface area (Å²) in [4.78, 5) is 47.7. The van der Waals surface area contributed by atoms with Gasteiger partial charge in [-0.3, -0.25) is 9.59 Å². The molecule has 1 saturated heterocycles. The first-order valence-electron chi connectivity index (χ1n) is 7.92. The van der Waals surface area contributed by atoms with Crippen molar-refractivity contribution >= 4 is 24.0 Å². The van der Waals surface area contributed by atoms with Crippen molar-refractivity contribution < 1.29 is 28.7 Å². The van der Waals surface area contributed by atoms with Gasteiger partial charge in [-0.25, -0.2) is 14.5 Å². The molecule has 0 bridgehead atoms. The van der Waals surface area contributed by atoms with Crippen molar-refractivity contribution in [1.29, 1.82) is 0 Å². The maximum Gasteiger partial charge on any atom is 0.416 e. The molecule has 0 aromatic heterocycles. The average Bonchev–Trinajstić information content (AvgIpc) is 2.83. The van der Waals surface area contributed by atoms with Crippen molar-refractivity contribution in [2.45, 2.75) is 51.7 Å². The Balaban J connectivity index is 2.86. The van der Waals surface area contributed by atoms with Crippen molar-refractivity contribution in [3.8, 4) is 0 Å². The van der Waals surface area contributed by atoms with Crippen LogP contribution in [0.15, 0.2) is 11.6 Å². The number of alkyl carbamates (subject to hydrolysis) is 1. The Morgan fingerprint density at radius 3 is 2.52 bits per heavy atom. The highest BCUT2D eigenvalue weighted by Gasteiger charge is 2.32. The SMILES string of the molecule is COC(=O)N1CC/C(=C\[C@H](CCC(N)=O)NC(=O)OC(C)(C)C)C1=O. The number of hydrogen-bond donors (Lipinski definition) is 2. The number of methoxy groups -OCH3 is 1. The molecule has 1 aliphatic heterocycles. The van der Waals surface area contributed by atoms with E-state index in [0.29, 0.717) is 12.0 Å².